The van der Waals surface area contributed by atoms with Gasteiger partial charge in [-0.1, -0.05) is 159 Å². The number of benzene rings is 6. The quantitative estimate of drug-likeness (QED) is 0.176. The summed E-state index contributed by atoms with van der Waals surface area (Å²) in [6.07, 6.45) is 10.9. The molecule has 3 heterocycles. The first-order chi connectivity index (χ1) is 29.0. The van der Waals surface area contributed by atoms with Gasteiger partial charge in [0.05, 0.1) is 22.2 Å². The van der Waals surface area contributed by atoms with Gasteiger partial charge in [-0.05, 0) is 83.3 Å². The Hall–Kier alpha value is -7.11. The van der Waals surface area contributed by atoms with Gasteiger partial charge in [0.1, 0.15) is 0 Å². The van der Waals surface area contributed by atoms with Crippen molar-refractivity contribution in [1.29, 1.82) is 0 Å². The van der Waals surface area contributed by atoms with Crippen molar-refractivity contribution in [2.24, 2.45) is 0 Å². The largest absolute Gasteiger partial charge is 0.307 e. The average molecular weight is 760 g/mol. The molecule has 0 atom stereocenters. The van der Waals surface area contributed by atoms with Gasteiger partial charge < -0.3 is 4.57 Å². The predicted molar refractivity (Wildman–Crippen MR) is 243 cm³/mol. The summed E-state index contributed by atoms with van der Waals surface area (Å²) in [5.74, 6) is 2.00. The molecule has 0 N–H and O–H groups in total. The Labute approximate surface area is 343 Å². The molecule has 0 spiro atoms. The van der Waals surface area contributed by atoms with Crippen LogP contribution in [0.15, 0.2) is 163 Å². The van der Waals surface area contributed by atoms with Crippen molar-refractivity contribution in [3.8, 4) is 34.2 Å². The van der Waals surface area contributed by atoms with E-state index in [4.69, 9.17) is 15.0 Å². The highest BCUT2D eigenvalue weighted by Crippen LogP contribution is 2.54. The van der Waals surface area contributed by atoms with Crippen molar-refractivity contribution in [2.45, 2.75) is 44.9 Å². The lowest BCUT2D eigenvalue weighted by Gasteiger charge is -2.26. The second-order valence-corrected chi connectivity index (χ2v) is 16.6. The molecule has 3 aliphatic carbocycles. The topological polar surface area (TPSA) is 48.5 Å². The van der Waals surface area contributed by atoms with Gasteiger partial charge in [0.2, 0.25) is 5.95 Å². The highest BCUT2D eigenvalue weighted by molar-refractivity contribution is 6.19. The van der Waals surface area contributed by atoms with Gasteiger partial charge in [-0.15, -0.1) is 0 Å². The van der Waals surface area contributed by atoms with Crippen LogP contribution < -0.4 is 0 Å². The van der Waals surface area contributed by atoms with Crippen molar-refractivity contribution in [2.75, 3.05) is 0 Å². The van der Waals surface area contributed by atoms with Crippen molar-refractivity contribution < 1.29 is 0 Å². The fraction of sp³-hybridized carbons (Fsp3) is 0.130. The Kier molecular flexibility index (Phi) is 7.46. The summed E-state index contributed by atoms with van der Waals surface area (Å²) in [6.45, 7) is 4.74. The van der Waals surface area contributed by atoms with E-state index in [1.807, 2.05) is 0 Å². The lowest BCUT2D eigenvalue weighted by molar-refractivity contribution is 0.607. The summed E-state index contributed by atoms with van der Waals surface area (Å²) in [6, 6.07) is 52.3. The van der Waals surface area contributed by atoms with E-state index < -0.39 is 0 Å². The number of aryl methyl sites for hydroxylation is 1. The summed E-state index contributed by atoms with van der Waals surface area (Å²) in [5, 5.41) is 3.66. The van der Waals surface area contributed by atoms with Gasteiger partial charge in [0, 0.05) is 38.4 Å². The molecule has 282 valence electrons. The molecule has 0 unspecified atom stereocenters. The maximum atomic E-state index is 5.59. The van der Waals surface area contributed by atoms with Crippen molar-refractivity contribution in [3.05, 3.63) is 192 Å². The number of allylic oxidation sites excluding steroid dienone is 5. The number of hydrogen-bond donors (Lipinski definition) is 0. The van der Waals surface area contributed by atoms with E-state index in [0.717, 1.165) is 64.8 Å². The third-order valence-electron chi connectivity index (χ3n) is 13.0. The van der Waals surface area contributed by atoms with Crippen molar-refractivity contribution in [3.63, 3.8) is 0 Å². The van der Waals surface area contributed by atoms with Crippen molar-refractivity contribution >= 4 is 49.9 Å². The first-order valence-corrected chi connectivity index (χ1v) is 20.8. The number of para-hydroxylation sites is 2. The molecule has 0 aliphatic heterocycles. The van der Waals surface area contributed by atoms with E-state index in [-0.39, 0.29) is 5.41 Å². The minimum atomic E-state index is -0.0750. The fourth-order valence-electron chi connectivity index (χ4n) is 10.3. The fourth-order valence-corrected chi connectivity index (χ4v) is 10.3. The van der Waals surface area contributed by atoms with Crippen LogP contribution in [-0.4, -0.2) is 24.1 Å². The van der Waals surface area contributed by atoms with Crippen LogP contribution in [-0.2, 0) is 11.8 Å². The number of rotatable bonds is 5. The maximum Gasteiger partial charge on any atom is 0.238 e. The highest BCUT2D eigenvalue weighted by Gasteiger charge is 2.40. The van der Waals surface area contributed by atoms with E-state index in [9.17, 15) is 0 Å². The van der Waals surface area contributed by atoms with Crippen LogP contribution in [0, 0.1) is 0 Å². The molecule has 3 aliphatic rings. The molecule has 0 saturated heterocycles. The minimum Gasteiger partial charge on any atom is -0.307 e. The van der Waals surface area contributed by atoms with Gasteiger partial charge in [0.15, 0.2) is 11.6 Å². The zero-order valence-corrected chi connectivity index (χ0v) is 33.2. The van der Waals surface area contributed by atoms with Gasteiger partial charge in [-0.25, -0.2) is 4.98 Å². The SMILES string of the molecule is CC1(C)C2=C(C(c3nc(-c4ccc(-c5ccccc5)cc4)nc(-n4c5c(c6ccc7c8ccccc8n(-c8ccccc8)c7c64)CCC=C5)n3)=CCC2)c2ccccc21. The maximum absolute atomic E-state index is 5.59. The molecule has 12 rings (SSSR count). The third-order valence-corrected chi connectivity index (χ3v) is 13.0. The van der Waals surface area contributed by atoms with Crippen molar-refractivity contribution in [1.82, 2.24) is 24.1 Å². The molecule has 0 radical (unpaired) electrons. The van der Waals surface area contributed by atoms with E-state index in [2.05, 4.69) is 187 Å². The van der Waals surface area contributed by atoms with Gasteiger partial charge >= 0.3 is 0 Å². The minimum absolute atomic E-state index is 0.0750. The standard InChI is InChI=1S/C54H41N5/c1-54(2)44-24-12-9-22-42(44)48-43(23-15-25-45(48)54)52-55-51(36-30-28-35(29-31-36)34-16-5-3-6-17-34)56-53(57-52)59-47-27-14-11-21-39(47)41-33-32-40-38-20-10-13-26-46(38)58(49(40)50(41)59)37-18-7-4-8-19-37/h3-10,12-14,16-20,22-24,26-33H,11,15,21,25H2,1-2H3. The van der Waals surface area contributed by atoms with Gasteiger partial charge in [0.25, 0.3) is 0 Å². The van der Waals surface area contributed by atoms with E-state index >= 15 is 0 Å². The van der Waals surface area contributed by atoms with Crippen LogP contribution in [0.1, 0.15) is 61.3 Å². The van der Waals surface area contributed by atoms with E-state index in [1.54, 1.807) is 0 Å². The molecule has 59 heavy (non-hydrogen) atoms. The molecule has 0 fully saturated rings. The number of fused-ring (bicyclic) bond motifs is 9. The van der Waals surface area contributed by atoms with Crippen LogP contribution in [0.25, 0.3) is 84.1 Å². The predicted octanol–water partition coefficient (Wildman–Crippen LogP) is 13.1. The lowest BCUT2D eigenvalue weighted by Crippen LogP contribution is -2.18. The van der Waals surface area contributed by atoms with Gasteiger partial charge in [-0.3, -0.25) is 4.57 Å². The van der Waals surface area contributed by atoms with Crippen LogP contribution in [0.5, 0.6) is 0 Å². The Bertz CT molecular complexity index is 3270. The van der Waals surface area contributed by atoms with Crippen LogP contribution in [0.3, 0.4) is 0 Å². The average Bonchev–Trinajstić information content (AvgIpc) is 3.90. The Morgan fingerprint density at radius 3 is 2.07 bits per heavy atom. The molecule has 5 nitrogen and oxygen atoms in total. The second-order valence-electron chi connectivity index (χ2n) is 16.6. The number of hydrogen-bond acceptors (Lipinski definition) is 3. The zero-order valence-electron chi connectivity index (χ0n) is 33.2. The summed E-state index contributed by atoms with van der Waals surface area (Å²) in [5.41, 5.74) is 16.8. The molecule has 6 aromatic carbocycles. The first-order valence-electron chi connectivity index (χ1n) is 20.8. The summed E-state index contributed by atoms with van der Waals surface area (Å²) < 4.78 is 4.78. The van der Waals surface area contributed by atoms with Gasteiger partial charge in [-0.2, -0.15) is 9.97 Å². The Balaban J connectivity index is 1.17. The Morgan fingerprint density at radius 2 is 1.22 bits per heavy atom. The highest BCUT2D eigenvalue weighted by atomic mass is 15.2. The summed E-state index contributed by atoms with van der Waals surface area (Å²) in [4.78, 5) is 16.5. The Morgan fingerprint density at radius 1 is 0.542 bits per heavy atom. The van der Waals surface area contributed by atoms with E-state index in [0.29, 0.717) is 17.6 Å². The van der Waals surface area contributed by atoms with Crippen LogP contribution in [0.4, 0.5) is 0 Å². The molecule has 0 saturated carbocycles. The molecule has 5 heteroatoms. The van der Waals surface area contributed by atoms with Crippen LogP contribution in [0.2, 0.25) is 0 Å². The lowest BCUT2D eigenvalue weighted by atomic mass is 9.78. The number of nitrogens with zero attached hydrogens (tertiary/aromatic N) is 5. The molecule has 0 bridgehead atoms. The van der Waals surface area contributed by atoms with Crippen LogP contribution >= 0.6 is 0 Å². The molecule has 0 amide bonds. The molecule has 9 aromatic rings. The molecule has 3 aromatic heterocycles. The van der Waals surface area contributed by atoms with E-state index in [1.165, 1.54) is 55.1 Å². The first kappa shape index (κ1) is 34.0. The molecular weight excluding hydrogens is 719 g/mol. The smallest absolute Gasteiger partial charge is 0.238 e. The zero-order chi connectivity index (χ0) is 39.2. The summed E-state index contributed by atoms with van der Waals surface area (Å²) in [7, 11) is 0. The summed E-state index contributed by atoms with van der Waals surface area (Å²) >= 11 is 0. The normalized spacial score (nSPS) is 15.5. The second kappa shape index (κ2) is 13.0. The third kappa shape index (κ3) is 5.07. The molecular formula is C54H41N5. The number of aromatic nitrogens is 5. The monoisotopic (exact) mass is 759 g/mol.